The van der Waals surface area contributed by atoms with Crippen molar-refractivity contribution in [3.8, 4) is 0 Å². The lowest BCUT2D eigenvalue weighted by atomic mass is 9.50. The third kappa shape index (κ3) is 3.67. The SMILES string of the molecule is CC(C)CCC[C@H](C)[C@H]1CCC2C3CC=C4C[C@@H](O)CC[C@]4(C)C3CCC21. The lowest BCUT2D eigenvalue weighted by Crippen LogP contribution is -2.47. The van der Waals surface area contributed by atoms with Gasteiger partial charge in [-0.15, -0.1) is 0 Å². The molecule has 3 saturated carbocycles. The Balaban J connectivity index is 1.43. The summed E-state index contributed by atoms with van der Waals surface area (Å²) in [5.41, 5.74) is 2.03. The molecular formula is C26H44O. The molecule has 4 aliphatic rings. The maximum Gasteiger partial charge on any atom is 0.0577 e. The molecule has 3 fully saturated rings. The Morgan fingerprint density at radius 3 is 2.56 bits per heavy atom. The van der Waals surface area contributed by atoms with Crippen LogP contribution in [0, 0.1) is 46.8 Å². The second kappa shape index (κ2) is 7.85. The average Bonchev–Trinajstić information content (AvgIpc) is 3.06. The molecule has 4 aliphatic carbocycles. The molecule has 0 amide bonds. The van der Waals surface area contributed by atoms with Gasteiger partial charge in [0, 0.05) is 0 Å². The monoisotopic (exact) mass is 372 g/mol. The summed E-state index contributed by atoms with van der Waals surface area (Å²) in [4.78, 5) is 0. The third-order valence-corrected chi connectivity index (χ3v) is 9.62. The van der Waals surface area contributed by atoms with E-state index in [0.29, 0.717) is 5.41 Å². The van der Waals surface area contributed by atoms with Gasteiger partial charge in [-0.25, -0.2) is 0 Å². The molecule has 0 bridgehead atoms. The van der Waals surface area contributed by atoms with Gasteiger partial charge < -0.3 is 5.11 Å². The summed E-state index contributed by atoms with van der Waals surface area (Å²) in [6.45, 7) is 9.87. The third-order valence-electron chi connectivity index (χ3n) is 9.62. The van der Waals surface area contributed by atoms with E-state index >= 15 is 0 Å². The van der Waals surface area contributed by atoms with Crippen molar-refractivity contribution in [3.05, 3.63) is 11.6 Å². The minimum absolute atomic E-state index is 0.0697. The van der Waals surface area contributed by atoms with Crippen molar-refractivity contribution in [1.82, 2.24) is 0 Å². The van der Waals surface area contributed by atoms with Crippen LogP contribution in [0.3, 0.4) is 0 Å². The van der Waals surface area contributed by atoms with Crippen LogP contribution in [0.15, 0.2) is 11.6 Å². The van der Waals surface area contributed by atoms with Crippen LogP contribution in [0.4, 0.5) is 0 Å². The fourth-order valence-corrected chi connectivity index (χ4v) is 8.11. The van der Waals surface area contributed by atoms with Crippen LogP contribution < -0.4 is 0 Å². The van der Waals surface area contributed by atoms with Gasteiger partial charge in [0.25, 0.3) is 0 Å². The number of allylic oxidation sites excluding steroid dienone is 1. The van der Waals surface area contributed by atoms with E-state index in [-0.39, 0.29) is 6.10 Å². The summed E-state index contributed by atoms with van der Waals surface area (Å²) in [6, 6.07) is 0. The molecule has 0 aliphatic heterocycles. The normalized spacial score (nSPS) is 45.0. The number of rotatable bonds is 5. The van der Waals surface area contributed by atoms with Gasteiger partial charge in [0.2, 0.25) is 0 Å². The van der Waals surface area contributed by atoms with E-state index in [2.05, 4.69) is 33.8 Å². The number of hydrogen-bond donors (Lipinski definition) is 1. The molecule has 0 aromatic heterocycles. The predicted molar refractivity (Wildman–Crippen MR) is 114 cm³/mol. The number of aliphatic hydroxyl groups is 1. The van der Waals surface area contributed by atoms with Crippen LogP contribution in [0.25, 0.3) is 0 Å². The zero-order valence-electron chi connectivity index (χ0n) is 18.4. The molecule has 27 heavy (non-hydrogen) atoms. The van der Waals surface area contributed by atoms with Gasteiger partial charge in [-0.1, -0.05) is 58.6 Å². The Bertz CT molecular complexity index is 548. The van der Waals surface area contributed by atoms with E-state index in [1.54, 1.807) is 5.57 Å². The second-order valence-electron chi connectivity index (χ2n) is 11.5. The van der Waals surface area contributed by atoms with Gasteiger partial charge in [0.1, 0.15) is 0 Å². The summed E-state index contributed by atoms with van der Waals surface area (Å²) in [5.74, 6) is 6.68. The highest BCUT2D eigenvalue weighted by molar-refractivity contribution is 5.24. The molecule has 0 aromatic rings. The smallest absolute Gasteiger partial charge is 0.0577 e. The molecule has 1 heteroatoms. The molecule has 0 saturated heterocycles. The number of fused-ring (bicyclic) bond motifs is 5. The fraction of sp³-hybridized carbons (Fsp3) is 0.923. The minimum Gasteiger partial charge on any atom is -0.393 e. The van der Waals surface area contributed by atoms with Crippen LogP contribution >= 0.6 is 0 Å². The Morgan fingerprint density at radius 2 is 1.78 bits per heavy atom. The molecule has 4 rings (SSSR count). The summed E-state index contributed by atoms with van der Waals surface area (Å²) in [5, 5.41) is 10.2. The highest BCUT2D eigenvalue weighted by Crippen LogP contribution is 2.62. The van der Waals surface area contributed by atoms with Crippen molar-refractivity contribution in [2.24, 2.45) is 46.8 Å². The molecule has 0 aromatic carbocycles. The molecular weight excluding hydrogens is 328 g/mol. The van der Waals surface area contributed by atoms with Crippen molar-refractivity contribution < 1.29 is 5.11 Å². The van der Waals surface area contributed by atoms with Crippen molar-refractivity contribution >= 4 is 0 Å². The van der Waals surface area contributed by atoms with E-state index < -0.39 is 0 Å². The van der Waals surface area contributed by atoms with Gasteiger partial charge in [-0.3, -0.25) is 0 Å². The molecule has 0 heterocycles. The van der Waals surface area contributed by atoms with E-state index in [9.17, 15) is 5.11 Å². The highest BCUT2D eigenvalue weighted by atomic mass is 16.3. The first-order valence-corrected chi connectivity index (χ1v) is 12.3. The molecule has 0 radical (unpaired) electrons. The topological polar surface area (TPSA) is 20.2 Å². The van der Waals surface area contributed by atoms with Gasteiger partial charge in [0.05, 0.1) is 6.10 Å². The maximum absolute atomic E-state index is 10.2. The first-order valence-electron chi connectivity index (χ1n) is 12.3. The molecule has 8 atom stereocenters. The van der Waals surface area contributed by atoms with Crippen molar-refractivity contribution in [2.45, 2.75) is 104 Å². The summed E-state index contributed by atoms with van der Waals surface area (Å²) >= 11 is 0. The Labute approximate surface area is 168 Å². The van der Waals surface area contributed by atoms with E-state index in [4.69, 9.17) is 0 Å². The first-order chi connectivity index (χ1) is 12.9. The van der Waals surface area contributed by atoms with Gasteiger partial charge in [-0.2, -0.15) is 0 Å². The van der Waals surface area contributed by atoms with Crippen LogP contribution in [-0.2, 0) is 0 Å². The molecule has 1 nitrogen and oxygen atoms in total. The summed E-state index contributed by atoms with van der Waals surface area (Å²) in [7, 11) is 0. The lowest BCUT2D eigenvalue weighted by Gasteiger charge is -2.55. The van der Waals surface area contributed by atoms with Crippen molar-refractivity contribution in [2.75, 3.05) is 0 Å². The molecule has 154 valence electrons. The molecule has 4 unspecified atom stereocenters. The van der Waals surface area contributed by atoms with E-state index in [0.717, 1.165) is 54.3 Å². The van der Waals surface area contributed by atoms with Crippen LogP contribution in [0.2, 0.25) is 0 Å². The number of hydrogen-bond acceptors (Lipinski definition) is 1. The highest BCUT2D eigenvalue weighted by Gasteiger charge is 2.54. The summed E-state index contributed by atoms with van der Waals surface area (Å²) in [6.07, 6.45) is 17.3. The minimum atomic E-state index is -0.0697. The van der Waals surface area contributed by atoms with Gasteiger partial charge in [-0.05, 0) is 98.2 Å². The standard InChI is InChI=1S/C26H44O/c1-17(2)6-5-7-18(3)21-10-11-23-22(21)12-13-25-24(23)9-8-19-16-20(27)14-15-26(19,25)4/h8,17-18,20-25,27H,5-7,9-16H2,1-4H3/t18-,20-,21+,22?,23?,24?,25?,26-/m0/s1. The quantitative estimate of drug-likeness (QED) is 0.515. The number of aliphatic hydroxyl groups excluding tert-OH is 1. The van der Waals surface area contributed by atoms with Crippen LogP contribution in [0.5, 0.6) is 0 Å². The molecule has 0 spiro atoms. The van der Waals surface area contributed by atoms with Crippen LogP contribution in [0.1, 0.15) is 98.3 Å². The van der Waals surface area contributed by atoms with E-state index in [1.165, 1.54) is 57.8 Å². The maximum atomic E-state index is 10.2. The summed E-state index contributed by atoms with van der Waals surface area (Å²) < 4.78 is 0. The largest absolute Gasteiger partial charge is 0.393 e. The predicted octanol–water partition coefficient (Wildman–Crippen LogP) is 7.00. The van der Waals surface area contributed by atoms with Crippen molar-refractivity contribution in [3.63, 3.8) is 0 Å². The molecule has 1 N–H and O–H groups in total. The van der Waals surface area contributed by atoms with E-state index in [1.807, 2.05) is 0 Å². The lowest BCUT2D eigenvalue weighted by molar-refractivity contribution is -0.0152. The first kappa shape index (κ1) is 20.0. The second-order valence-corrected chi connectivity index (χ2v) is 11.5. The average molecular weight is 373 g/mol. The zero-order chi connectivity index (χ0) is 19.2. The Morgan fingerprint density at radius 1 is 1.00 bits per heavy atom. The Kier molecular flexibility index (Phi) is 5.81. The van der Waals surface area contributed by atoms with Crippen LogP contribution in [-0.4, -0.2) is 11.2 Å². The van der Waals surface area contributed by atoms with Gasteiger partial charge in [0.15, 0.2) is 0 Å². The fourth-order valence-electron chi connectivity index (χ4n) is 8.11. The van der Waals surface area contributed by atoms with Gasteiger partial charge >= 0.3 is 0 Å². The zero-order valence-corrected chi connectivity index (χ0v) is 18.4. The van der Waals surface area contributed by atoms with Crippen molar-refractivity contribution in [1.29, 1.82) is 0 Å². The Hall–Kier alpha value is -0.300.